The largest absolute Gasteiger partial charge is 0.366 e. The van der Waals surface area contributed by atoms with E-state index in [2.05, 4.69) is 0 Å². The number of carbonyl (C=O) groups is 3. The number of aromatic nitrogens is 1. The Hall–Kier alpha value is -3.67. The van der Waals surface area contributed by atoms with Gasteiger partial charge in [-0.2, -0.15) is 0 Å². The summed E-state index contributed by atoms with van der Waals surface area (Å²) in [6, 6.07) is 21.4. The van der Waals surface area contributed by atoms with Crippen LogP contribution < -0.4 is 5.73 Å². The number of hydrogen-bond acceptors (Lipinski definition) is 3. The van der Waals surface area contributed by atoms with Crippen molar-refractivity contribution in [2.24, 2.45) is 11.7 Å². The van der Waals surface area contributed by atoms with Crippen molar-refractivity contribution in [3.05, 3.63) is 94.8 Å². The van der Waals surface area contributed by atoms with Crippen molar-refractivity contribution >= 4 is 17.6 Å². The highest BCUT2D eigenvalue weighted by Crippen LogP contribution is 2.27. The predicted molar refractivity (Wildman–Crippen MR) is 145 cm³/mol. The average Bonchev–Trinajstić information content (AvgIpc) is 3.25. The molecule has 6 heteroatoms. The van der Waals surface area contributed by atoms with Crippen molar-refractivity contribution in [3.8, 4) is 0 Å². The number of primary amides is 1. The number of benzene rings is 2. The molecule has 194 valence electrons. The van der Waals surface area contributed by atoms with Crippen LogP contribution in [0.1, 0.15) is 76.2 Å². The summed E-state index contributed by atoms with van der Waals surface area (Å²) in [5.41, 5.74) is 9.21. The number of hydrogen-bond donors (Lipinski definition) is 1. The van der Waals surface area contributed by atoms with Crippen LogP contribution in [-0.4, -0.2) is 33.6 Å². The van der Waals surface area contributed by atoms with Crippen LogP contribution in [-0.2, 0) is 24.3 Å². The monoisotopic (exact) mass is 499 g/mol. The molecule has 1 aromatic heterocycles. The molecule has 0 bridgehead atoms. The number of rotatable bonds is 11. The summed E-state index contributed by atoms with van der Waals surface area (Å²) in [5, 5.41) is 0. The van der Waals surface area contributed by atoms with Gasteiger partial charge in [-0.3, -0.25) is 14.4 Å². The van der Waals surface area contributed by atoms with Crippen molar-refractivity contribution in [1.82, 2.24) is 9.47 Å². The van der Waals surface area contributed by atoms with Crippen LogP contribution in [0, 0.1) is 12.8 Å². The molecule has 1 aliphatic rings. The summed E-state index contributed by atoms with van der Waals surface area (Å²) >= 11 is 0. The summed E-state index contributed by atoms with van der Waals surface area (Å²) in [6.07, 6.45) is 6.90. The lowest BCUT2D eigenvalue weighted by molar-refractivity contribution is -0.132. The summed E-state index contributed by atoms with van der Waals surface area (Å²) in [5.74, 6) is -0.345. The first-order chi connectivity index (χ1) is 17.9. The minimum Gasteiger partial charge on any atom is -0.366 e. The zero-order valence-electron chi connectivity index (χ0n) is 21.7. The van der Waals surface area contributed by atoms with Gasteiger partial charge in [0, 0.05) is 25.2 Å². The van der Waals surface area contributed by atoms with Gasteiger partial charge in [-0.25, -0.2) is 0 Å². The predicted octanol–water partition coefficient (Wildman–Crippen LogP) is 5.32. The number of carbonyl (C=O) groups excluding carboxylic acids is 3. The molecular formula is C31H37N3O3. The Morgan fingerprint density at radius 1 is 0.919 bits per heavy atom. The Labute approximate surface area is 219 Å². The van der Waals surface area contributed by atoms with E-state index in [9.17, 15) is 14.4 Å². The molecule has 4 rings (SSSR count). The summed E-state index contributed by atoms with van der Waals surface area (Å²) in [4.78, 5) is 40.9. The molecule has 0 atom stereocenters. The Morgan fingerprint density at radius 2 is 1.54 bits per heavy atom. The molecule has 37 heavy (non-hydrogen) atoms. The maximum Gasteiger partial charge on any atom is 0.250 e. The van der Waals surface area contributed by atoms with Gasteiger partial charge in [-0.05, 0) is 49.3 Å². The van der Waals surface area contributed by atoms with Gasteiger partial charge in [0.15, 0.2) is 5.78 Å². The van der Waals surface area contributed by atoms with Crippen molar-refractivity contribution in [2.45, 2.75) is 65.0 Å². The first-order valence-corrected chi connectivity index (χ1v) is 13.3. The standard InChI is InChI=1S/C31H37N3O3/c1-23-27(31(32)37)20-28(34(23)18-17-24-11-5-2-6-12-24)29(35)22-33(21-26-15-9-4-10-16-26)30(36)19-25-13-7-3-8-14-25/h2,4-6,9-12,15-16,20,25H,3,7-8,13-14,17-19,21-22H2,1H3,(H2,32,37). The zero-order chi connectivity index (χ0) is 26.2. The van der Waals surface area contributed by atoms with E-state index in [1.807, 2.05) is 72.2 Å². The maximum absolute atomic E-state index is 13.7. The zero-order valence-corrected chi connectivity index (χ0v) is 21.7. The minimum absolute atomic E-state index is 0.0124. The normalized spacial score (nSPS) is 13.9. The molecule has 0 saturated heterocycles. The Balaban J connectivity index is 1.57. The molecule has 0 aliphatic heterocycles. The second-order valence-corrected chi connectivity index (χ2v) is 10.1. The van der Waals surface area contributed by atoms with E-state index in [-0.39, 0.29) is 18.2 Å². The van der Waals surface area contributed by atoms with E-state index >= 15 is 0 Å². The quantitative estimate of drug-likeness (QED) is 0.362. The third-order valence-corrected chi connectivity index (χ3v) is 7.48. The average molecular weight is 500 g/mol. The molecule has 3 aromatic rings. The first-order valence-electron chi connectivity index (χ1n) is 13.3. The van der Waals surface area contributed by atoms with Gasteiger partial charge in [0.1, 0.15) is 0 Å². The van der Waals surface area contributed by atoms with Gasteiger partial charge < -0.3 is 15.2 Å². The van der Waals surface area contributed by atoms with Crippen molar-refractivity contribution in [1.29, 1.82) is 0 Å². The molecule has 1 saturated carbocycles. The molecule has 1 aliphatic carbocycles. The number of nitrogens with zero attached hydrogens (tertiary/aromatic N) is 2. The molecule has 2 amide bonds. The number of aryl methyl sites for hydroxylation is 1. The SMILES string of the molecule is Cc1c(C(N)=O)cc(C(=O)CN(Cc2ccccc2)C(=O)CC2CCCCC2)n1CCc1ccccc1. The lowest BCUT2D eigenvalue weighted by atomic mass is 9.86. The van der Waals surface area contributed by atoms with Gasteiger partial charge in [-0.15, -0.1) is 0 Å². The lowest BCUT2D eigenvalue weighted by Gasteiger charge is -2.27. The van der Waals surface area contributed by atoms with Crippen LogP contribution in [0.15, 0.2) is 66.7 Å². The third-order valence-electron chi connectivity index (χ3n) is 7.48. The van der Waals surface area contributed by atoms with Crippen molar-refractivity contribution in [3.63, 3.8) is 0 Å². The number of ketones is 1. The summed E-state index contributed by atoms with van der Waals surface area (Å²) in [6.45, 7) is 2.70. The van der Waals surface area contributed by atoms with Crippen LogP contribution in [0.5, 0.6) is 0 Å². The Morgan fingerprint density at radius 3 is 2.16 bits per heavy atom. The highest BCUT2D eigenvalue weighted by Gasteiger charge is 2.26. The van der Waals surface area contributed by atoms with E-state index in [0.717, 1.165) is 24.0 Å². The fraction of sp³-hybridized carbons (Fsp3) is 0.387. The fourth-order valence-corrected chi connectivity index (χ4v) is 5.36. The highest BCUT2D eigenvalue weighted by atomic mass is 16.2. The first kappa shape index (κ1) is 26.4. The summed E-state index contributed by atoms with van der Waals surface area (Å²) < 4.78 is 1.88. The van der Waals surface area contributed by atoms with Crippen LogP contribution in [0.2, 0.25) is 0 Å². The molecule has 0 spiro atoms. The molecule has 6 nitrogen and oxygen atoms in total. The smallest absolute Gasteiger partial charge is 0.250 e. The highest BCUT2D eigenvalue weighted by molar-refractivity contribution is 6.02. The Kier molecular flexibility index (Phi) is 8.94. The van der Waals surface area contributed by atoms with E-state index < -0.39 is 5.91 Å². The number of nitrogens with two attached hydrogens (primary N) is 1. The molecule has 0 radical (unpaired) electrons. The Bertz CT molecular complexity index is 1210. The van der Waals surface area contributed by atoms with Gasteiger partial charge in [0.2, 0.25) is 5.91 Å². The molecular weight excluding hydrogens is 462 g/mol. The van der Waals surface area contributed by atoms with Gasteiger partial charge in [0.25, 0.3) is 5.91 Å². The molecule has 2 N–H and O–H groups in total. The van der Waals surface area contributed by atoms with Gasteiger partial charge in [0.05, 0.1) is 17.8 Å². The minimum atomic E-state index is -0.556. The third kappa shape index (κ3) is 6.97. The number of Topliss-reactive ketones (excluding diaryl/α,β-unsaturated/α-hetero) is 1. The van der Waals surface area contributed by atoms with E-state index in [1.54, 1.807) is 11.0 Å². The van der Waals surface area contributed by atoms with Crippen LogP contribution in [0.4, 0.5) is 0 Å². The second-order valence-electron chi connectivity index (χ2n) is 10.1. The second kappa shape index (κ2) is 12.5. The maximum atomic E-state index is 13.7. The van der Waals surface area contributed by atoms with Crippen LogP contribution in [0.3, 0.4) is 0 Å². The topological polar surface area (TPSA) is 85.4 Å². The molecule has 0 unspecified atom stereocenters. The van der Waals surface area contributed by atoms with Gasteiger partial charge >= 0.3 is 0 Å². The van der Waals surface area contributed by atoms with E-state index in [0.29, 0.717) is 48.8 Å². The van der Waals surface area contributed by atoms with Crippen LogP contribution in [0.25, 0.3) is 0 Å². The summed E-state index contributed by atoms with van der Waals surface area (Å²) in [7, 11) is 0. The van der Waals surface area contributed by atoms with E-state index in [4.69, 9.17) is 5.73 Å². The van der Waals surface area contributed by atoms with Crippen molar-refractivity contribution in [2.75, 3.05) is 6.54 Å². The van der Waals surface area contributed by atoms with Gasteiger partial charge in [-0.1, -0.05) is 79.9 Å². The molecule has 1 fully saturated rings. The number of amides is 2. The lowest BCUT2D eigenvalue weighted by Crippen LogP contribution is -2.37. The van der Waals surface area contributed by atoms with Crippen molar-refractivity contribution < 1.29 is 14.4 Å². The molecule has 2 aromatic carbocycles. The molecule has 1 heterocycles. The van der Waals surface area contributed by atoms with Crippen LogP contribution >= 0.6 is 0 Å². The van der Waals surface area contributed by atoms with E-state index in [1.165, 1.54) is 19.3 Å². The fourth-order valence-electron chi connectivity index (χ4n) is 5.36.